The van der Waals surface area contributed by atoms with Crippen LogP contribution in [-0.4, -0.2) is 74.9 Å². The molecule has 9 nitrogen and oxygen atoms in total. The van der Waals surface area contributed by atoms with Gasteiger partial charge >= 0.3 is 0 Å². The van der Waals surface area contributed by atoms with Gasteiger partial charge in [-0.1, -0.05) is 31.3 Å². The number of rotatable bonds is 8. The van der Waals surface area contributed by atoms with Gasteiger partial charge in [0.15, 0.2) is 5.96 Å². The minimum atomic E-state index is 0.738. The molecule has 0 aromatic carbocycles. The molecular weight excluding hydrogens is 404 g/mol. The third kappa shape index (κ3) is 6.31. The highest BCUT2D eigenvalue weighted by Gasteiger charge is 2.21. The summed E-state index contributed by atoms with van der Waals surface area (Å²) in [5.41, 5.74) is 1.01. The van der Waals surface area contributed by atoms with E-state index < -0.39 is 0 Å². The number of guanidine groups is 1. The number of piperazine rings is 1. The van der Waals surface area contributed by atoms with Crippen molar-refractivity contribution in [3.63, 3.8) is 0 Å². The molecule has 2 fully saturated rings. The lowest BCUT2D eigenvalue weighted by molar-refractivity contribution is 0.168. The van der Waals surface area contributed by atoms with Crippen molar-refractivity contribution in [3.05, 3.63) is 29.7 Å². The summed E-state index contributed by atoms with van der Waals surface area (Å²) < 4.78 is 7.35. The van der Waals surface area contributed by atoms with E-state index in [0.717, 1.165) is 87.9 Å². The maximum absolute atomic E-state index is 5.22. The Bertz CT molecular complexity index is 846. The van der Waals surface area contributed by atoms with Crippen molar-refractivity contribution >= 4 is 5.96 Å². The standard InChI is InChI=1S/C23H38N8O/c1-3-22-27-26-18-31(22)10-9-24-23(25-16-20-7-5-4-6-8-20)30-13-11-29(12-14-30)17-21-15-19(2)32-28-21/h15,18,20H,3-14,16-17H2,1-2H3,(H,24,25). The largest absolute Gasteiger partial charge is 0.361 e. The molecule has 0 bridgehead atoms. The second kappa shape index (κ2) is 11.4. The Kier molecular flexibility index (Phi) is 8.14. The monoisotopic (exact) mass is 442 g/mol. The molecule has 0 spiro atoms. The second-order valence-electron chi connectivity index (χ2n) is 9.08. The first-order chi connectivity index (χ1) is 15.7. The van der Waals surface area contributed by atoms with Gasteiger partial charge in [-0.2, -0.15) is 0 Å². The number of aryl methyl sites for hydroxylation is 2. The molecule has 3 heterocycles. The van der Waals surface area contributed by atoms with Crippen molar-refractivity contribution in [2.24, 2.45) is 10.9 Å². The summed E-state index contributed by atoms with van der Waals surface area (Å²) in [6, 6.07) is 2.03. The molecule has 0 atom stereocenters. The van der Waals surface area contributed by atoms with Gasteiger partial charge in [0.25, 0.3) is 0 Å². The predicted octanol–water partition coefficient (Wildman–Crippen LogP) is 2.48. The predicted molar refractivity (Wildman–Crippen MR) is 124 cm³/mol. The van der Waals surface area contributed by atoms with Gasteiger partial charge in [0.2, 0.25) is 0 Å². The summed E-state index contributed by atoms with van der Waals surface area (Å²) in [4.78, 5) is 9.95. The Hall–Kier alpha value is -2.42. The molecule has 0 amide bonds. The fourth-order valence-corrected chi connectivity index (χ4v) is 4.72. The normalized spacial score (nSPS) is 18.9. The van der Waals surface area contributed by atoms with Crippen molar-refractivity contribution in [1.82, 2.24) is 35.0 Å². The van der Waals surface area contributed by atoms with E-state index in [0.29, 0.717) is 0 Å². The van der Waals surface area contributed by atoms with E-state index in [1.54, 1.807) is 0 Å². The molecule has 1 aliphatic heterocycles. The third-order valence-electron chi connectivity index (χ3n) is 6.61. The molecule has 0 radical (unpaired) electrons. The number of aliphatic imine (C=N–C) groups is 1. The van der Waals surface area contributed by atoms with E-state index in [-0.39, 0.29) is 0 Å². The Balaban J connectivity index is 1.32. The minimum Gasteiger partial charge on any atom is -0.361 e. The quantitative estimate of drug-likeness (QED) is 0.496. The molecule has 0 unspecified atom stereocenters. The highest BCUT2D eigenvalue weighted by molar-refractivity contribution is 5.80. The smallest absolute Gasteiger partial charge is 0.194 e. The van der Waals surface area contributed by atoms with Gasteiger partial charge in [0.1, 0.15) is 17.9 Å². The Morgan fingerprint density at radius 1 is 1.19 bits per heavy atom. The van der Waals surface area contributed by atoms with Crippen LogP contribution >= 0.6 is 0 Å². The molecule has 4 rings (SSSR count). The van der Waals surface area contributed by atoms with E-state index in [4.69, 9.17) is 9.52 Å². The zero-order chi connectivity index (χ0) is 22.2. The molecule has 1 saturated carbocycles. The Morgan fingerprint density at radius 2 is 2.00 bits per heavy atom. The Morgan fingerprint density at radius 3 is 2.72 bits per heavy atom. The number of nitrogens with zero attached hydrogens (tertiary/aromatic N) is 7. The summed E-state index contributed by atoms with van der Waals surface area (Å²) in [5, 5.41) is 16.0. The highest BCUT2D eigenvalue weighted by atomic mass is 16.5. The van der Waals surface area contributed by atoms with E-state index >= 15 is 0 Å². The number of hydrogen-bond donors (Lipinski definition) is 1. The van der Waals surface area contributed by atoms with E-state index in [1.807, 2.05) is 19.3 Å². The lowest BCUT2D eigenvalue weighted by atomic mass is 9.89. The van der Waals surface area contributed by atoms with Crippen LogP contribution < -0.4 is 5.32 Å². The van der Waals surface area contributed by atoms with Crippen LogP contribution in [0.1, 0.15) is 56.3 Å². The molecule has 2 aliphatic rings. The van der Waals surface area contributed by atoms with E-state index in [2.05, 4.69) is 42.0 Å². The molecule has 1 aliphatic carbocycles. The topological polar surface area (TPSA) is 87.6 Å². The first-order valence-electron chi connectivity index (χ1n) is 12.3. The SMILES string of the molecule is CCc1nncn1CCNC(=NCC1CCCCC1)N1CCN(Cc2cc(C)on2)CC1. The number of hydrogen-bond acceptors (Lipinski definition) is 6. The Labute approximate surface area is 191 Å². The third-order valence-corrected chi connectivity index (χ3v) is 6.61. The lowest BCUT2D eigenvalue weighted by Gasteiger charge is -2.36. The molecule has 1 saturated heterocycles. The van der Waals surface area contributed by atoms with Crippen LogP contribution in [-0.2, 0) is 19.5 Å². The van der Waals surface area contributed by atoms with Gasteiger partial charge in [-0.3, -0.25) is 9.89 Å². The van der Waals surface area contributed by atoms with E-state index in [9.17, 15) is 0 Å². The molecule has 1 N–H and O–H groups in total. The van der Waals surface area contributed by atoms with Crippen LogP contribution in [0.2, 0.25) is 0 Å². The molecule has 2 aromatic rings. The average molecular weight is 443 g/mol. The summed E-state index contributed by atoms with van der Waals surface area (Å²) in [7, 11) is 0. The highest BCUT2D eigenvalue weighted by Crippen LogP contribution is 2.23. The number of nitrogens with one attached hydrogen (secondary N) is 1. The van der Waals surface area contributed by atoms with Crippen LogP contribution in [0.4, 0.5) is 0 Å². The molecular formula is C23H38N8O. The maximum Gasteiger partial charge on any atom is 0.194 e. The van der Waals surface area contributed by atoms with E-state index in [1.165, 1.54) is 32.1 Å². The number of aromatic nitrogens is 4. The van der Waals surface area contributed by atoms with Gasteiger partial charge in [-0.25, -0.2) is 0 Å². The first-order valence-corrected chi connectivity index (χ1v) is 12.3. The van der Waals surface area contributed by atoms with Crippen molar-refractivity contribution in [3.8, 4) is 0 Å². The van der Waals surface area contributed by atoms with Crippen molar-refractivity contribution in [2.45, 2.75) is 65.5 Å². The van der Waals surface area contributed by atoms with Crippen LogP contribution in [0.5, 0.6) is 0 Å². The van der Waals surface area contributed by atoms with Gasteiger partial charge < -0.3 is 19.3 Å². The molecule has 9 heteroatoms. The fraction of sp³-hybridized carbons (Fsp3) is 0.739. The van der Waals surface area contributed by atoms with Crippen LogP contribution in [0.15, 0.2) is 21.9 Å². The molecule has 32 heavy (non-hydrogen) atoms. The minimum absolute atomic E-state index is 0.738. The van der Waals surface area contributed by atoms with Crippen LogP contribution in [0.3, 0.4) is 0 Å². The van der Waals surface area contributed by atoms with Gasteiger partial charge in [-0.15, -0.1) is 10.2 Å². The zero-order valence-corrected chi connectivity index (χ0v) is 19.7. The summed E-state index contributed by atoms with van der Waals surface area (Å²) in [6.45, 7) is 11.5. The molecule has 2 aromatic heterocycles. The van der Waals surface area contributed by atoms with Crippen molar-refractivity contribution in [1.29, 1.82) is 0 Å². The van der Waals surface area contributed by atoms with Crippen molar-refractivity contribution in [2.75, 3.05) is 39.3 Å². The summed E-state index contributed by atoms with van der Waals surface area (Å²) in [5.74, 6) is 3.70. The van der Waals surface area contributed by atoms with Crippen LogP contribution in [0, 0.1) is 12.8 Å². The van der Waals surface area contributed by atoms with Gasteiger partial charge in [0, 0.05) is 64.8 Å². The fourth-order valence-electron chi connectivity index (χ4n) is 4.72. The maximum atomic E-state index is 5.22. The van der Waals surface area contributed by atoms with Crippen LogP contribution in [0.25, 0.3) is 0 Å². The summed E-state index contributed by atoms with van der Waals surface area (Å²) in [6.07, 6.45) is 9.47. The second-order valence-corrected chi connectivity index (χ2v) is 9.08. The lowest BCUT2D eigenvalue weighted by Crippen LogP contribution is -2.52. The van der Waals surface area contributed by atoms with Gasteiger partial charge in [-0.05, 0) is 25.7 Å². The zero-order valence-electron chi connectivity index (χ0n) is 19.7. The first kappa shape index (κ1) is 22.8. The average Bonchev–Trinajstić information content (AvgIpc) is 3.45. The molecule has 176 valence electrons. The van der Waals surface area contributed by atoms with Gasteiger partial charge in [0.05, 0.1) is 5.69 Å². The van der Waals surface area contributed by atoms with Crippen molar-refractivity contribution < 1.29 is 4.52 Å². The summed E-state index contributed by atoms with van der Waals surface area (Å²) >= 11 is 0.